The number of benzene rings is 3. The van der Waals surface area contributed by atoms with E-state index in [4.69, 9.17) is 24.0 Å². The van der Waals surface area contributed by atoms with E-state index < -0.39 is 17.8 Å². The van der Waals surface area contributed by atoms with Crippen molar-refractivity contribution in [2.24, 2.45) is 5.10 Å². The first-order chi connectivity index (χ1) is 21.4. The Morgan fingerprint density at radius 3 is 2.36 bits per heavy atom. The number of hydrogen-bond acceptors (Lipinski definition) is 8. The predicted octanol–water partition coefficient (Wildman–Crippen LogP) is 4.00. The second-order valence-corrected chi connectivity index (χ2v) is 10.5. The van der Waals surface area contributed by atoms with Gasteiger partial charge in [0.05, 0.1) is 51.9 Å². The minimum Gasteiger partial charge on any atom is -0.497 e. The average molecular weight is 605 g/mol. The van der Waals surface area contributed by atoms with Gasteiger partial charge in [-0.05, 0) is 59.7 Å². The first-order valence-electron chi connectivity index (χ1n) is 14.5. The van der Waals surface area contributed by atoms with E-state index in [0.29, 0.717) is 49.1 Å². The van der Waals surface area contributed by atoms with Crippen LogP contribution in [0.15, 0.2) is 71.8 Å². The van der Waals surface area contributed by atoms with Crippen molar-refractivity contribution >= 4 is 17.5 Å². The highest BCUT2D eigenvalue weighted by molar-refractivity contribution is 6.04. The molecule has 0 radical (unpaired) electrons. The molecule has 2 aliphatic heterocycles. The van der Waals surface area contributed by atoms with Crippen LogP contribution in [0.25, 0.3) is 0 Å². The number of morpholine rings is 1. The standard InChI is InChI=1S/C33H37FN4O6/c1-41-25-11-8-23(9-12-25)28-21-29(24-10-13-30(42-2)31(20-24)43-3)38(35-28)32(39)22-37(15-14-36-16-18-44-19-17-36)33(40)26-6-4-5-7-27(26)34/h4-13,20,29H,14-19,21-22H2,1-3H3/t29-/m0/s1. The molecule has 5 rings (SSSR count). The molecule has 0 aromatic heterocycles. The summed E-state index contributed by atoms with van der Waals surface area (Å²) in [4.78, 5) is 31.3. The van der Waals surface area contributed by atoms with Crippen LogP contribution in [-0.4, -0.2) is 99.6 Å². The zero-order chi connectivity index (χ0) is 31.1. The zero-order valence-electron chi connectivity index (χ0n) is 25.2. The molecule has 0 unspecified atom stereocenters. The van der Waals surface area contributed by atoms with E-state index in [2.05, 4.69) is 4.90 Å². The van der Waals surface area contributed by atoms with Gasteiger partial charge in [0.1, 0.15) is 18.1 Å². The van der Waals surface area contributed by atoms with E-state index in [1.165, 1.54) is 28.1 Å². The molecule has 2 aliphatic rings. The van der Waals surface area contributed by atoms with Crippen molar-refractivity contribution in [3.63, 3.8) is 0 Å². The third kappa shape index (κ3) is 7.00. The third-order valence-corrected chi connectivity index (χ3v) is 7.89. The van der Waals surface area contributed by atoms with Crippen LogP contribution in [0, 0.1) is 5.82 Å². The number of hydrazone groups is 1. The maximum absolute atomic E-state index is 14.7. The molecule has 0 N–H and O–H groups in total. The summed E-state index contributed by atoms with van der Waals surface area (Å²) >= 11 is 0. The number of carbonyl (C=O) groups is 2. The summed E-state index contributed by atoms with van der Waals surface area (Å²) < 4.78 is 36.4. The SMILES string of the molecule is COc1ccc(C2=NN(C(=O)CN(CCN3CCOCC3)C(=O)c3ccccc3F)[C@H](c3ccc(OC)c(OC)c3)C2)cc1. The van der Waals surface area contributed by atoms with Gasteiger partial charge in [-0.2, -0.15) is 5.10 Å². The molecule has 2 amide bonds. The molecule has 11 heteroatoms. The van der Waals surface area contributed by atoms with Crippen LogP contribution < -0.4 is 14.2 Å². The summed E-state index contributed by atoms with van der Waals surface area (Å²) in [5.41, 5.74) is 2.27. The Morgan fingerprint density at radius 2 is 1.68 bits per heavy atom. The highest BCUT2D eigenvalue weighted by Crippen LogP contribution is 2.37. The maximum Gasteiger partial charge on any atom is 0.262 e. The molecule has 1 fully saturated rings. The number of nitrogens with zero attached hydrogens (tertiary/aromatic N) is 4. The van der Waals surface area contributed by atoms with Crippen LogP contribution in [0.3, 0.4) is 0 Å². The van der Waals surface area contributed by atoms with Crippen LogP contribution in [0.2, 0.25) is 0 Å². The van der Waals surface area contributed by atoms with Crippen LogP contribution in [0.5, 0.6) is 17.2 Å². The van der Waals surface area contributed by atoms with E-state index in [1.807, 2.05) is 36.4 Å². The number of carbonyl (C=O) groups excluding carboxylic acids is 2. The molecular weight excluding hydrogens is 567 g/mol. The average Bonchev–Trinajstić information content (AvgIpc) is 3.52. The second kappa shape index (κ2) is 14.3. The Bertz CT molecular complexity index is 1490. The van der Waals surface area contributed by atoms with E-state index >= 15 is 0 Å². The highest BCUT2D eigenvalue weighted by atomic mass is 19.1. The summed E-state index contributed by atoms with van der Waals surface area (Å²) in [6.45, 7) is 3.13. The topological polar surface area (TPSA) is 93.1 Å². The van der Waals surface area contributed by atoms with Gasteiger partial charge in [0.15, 0.2) is 11.5 Å². The molecule has 0 spiro atoms. The normalized spacial score (nSPS) is 16.8. The van der Waals surface area contributed by atoms with Crippen molar-refractivity contribution in [3.05, 3.63) is 89.2 Å². The van der Waals surface area contributed by atoms with Gasteiger partial charge in [-0.1, -0.05) is 18.2 Å². The summed E-state index contributed by atoms with van der Waals surface area (Å²) in [7, 11) is 4.72. The molecule has 1 saturated heterocycles. The lowest BCUT2D eigenvalue weighted by Gasteiger charge is -2.31. The summed E-state index contributed by atoms with van der Waals surface area (Å²) in [5, 5.41) is 6.20. The number of amides is 2. The number of rotatable bonds is 11. The Morgan fingerprint density at radius 1 is 0.955 bits per heavy atom. The van der Waals surface area contributed by atoms with E-state index in [-0.39, 0.29) is 24.6 Å². The molecule has 1 atom stereocenters. The van der Waals surface area contributed by atoms with Gasteiger partial charge in [-0.3, -0.25) is 14.5 Å². The lowest BCUT2D eigenvalue weighted by molar-refractivity contribution is -0.133. The Hall–Kier alpha value is -4.48. The molecule has 3 aromatic carbocycles. The summed E-state index contributed by atoms with van der Waals surface area (Å²) in [6, 6.07) is 18.3. The molecule has 0 bridgehead atoms. The zero-order valence-corrected chi connectivity index (χ0v) is 25.2. The van der Waals surface area contributed by atoms with Gasteiger partial charge < -0.3 is 23.8 Å². The highest BCUT2D eigenvalue weighted by Gasteiger charge is 2.35. The first-order valence-corrected chi connectivity index (χ1v) is 14.5. The largest absolute Gasteiger partial charge is 0.497 e. The second-order valence-electron chi connectivity index (χ2n) is 10.5. The van der Waals surface area contributed by atoms with Crippen molar-refractivity contribution in [1.29, 1.82) is 0 Å². The van der Waals surface area contributed by atoms with Gasteiger partial charge in [-0.15, -0.1) is 0 Å². The van der Waals surface area contributed by atoms with E-state index in [0.717, 1.165) is 24.2 Å². The van der Waals surface area contributed by atoms with Crippen molar-refractivity contribution < 1.29 is 32.9 Å². The molecule has 0 saturated carbocycles. The van der Waals surface area contributed by atoms with Crippen LogP contribution in [0.1, 0.15) is 33.9 Å². The number of halogens is 1. The van der Waals surface area contributed by atoms with Crippen molar-refractivity contribution in [2.75, 3.05) is 67.3 Å². The van der Waals surface area contributed by atoms with Gasteiger partial charge in [-0.25, -0.2) is 9.40 Å². The first kappa shape index (κ1) is 31.0. The minimum absolute atomic E-state index is 0.0810. The fourth-order valence-corrected chi connectivity index (χ4v) is 5.40. The monoisotopic (exact) mass is 604 g/mol. The van der Waals surface area contributed by atoms with Crippen molar-refractivity contribution in [2.45, 2.75) is 12.5 Å². The molecule has 2 heterocycles. The maximum atomic E-state index is 14.7. The fourth-order valence-electron chi connectivity index (χ4n) is 5.40. The molecule has 232 valence electrons. The van der Waals surface area contributed by atoms with Crippen molar-refractivity contribution in [1.82, 2.24) is 14.8 Å². The quantitative estimate of drug-likeness (QED) is 0.327. The van der Waals surface area contributed by atoms with Crippen molar-refractivity contribution in [3.8, 4) is 17.2 Å². The van der Waals surface area contributed by atoms with Crippen LogP contribution in [0.4, 0.5) is 4.39 Å². The van der Waals surface area contributed by atoms with E-state index in [9.17, 15) is 14.0 Å². The van der Waals surface area contributed by atoms with Crippen LogP contribution in [-0.2, 0) is 9.53 Å². The summed E-state index contributed by atoms with van der Waals surface area (Å²) in [5.74, 6) is 0.223. The summed E-state index contributed by atoms with van der Waals surface area (Å²) in [6.07, 6.45) is 0.433. The fraction of sp³-hybridized carbons (Fsp3) is 0.364. The Labute approximate surface area is 256 Å². The van der Waals surface area contributed by atoms with Gasteiger partial charge in [0.2, 0.25) is 0 Å². The molecule has 44 heavy (non-hydrogen) atoms. The molecular formula is C33H37FN4O6. The smallest absolute Gasteiger partial charge is 0.262 e. The molecule has 3 aromatic rings. The minimum atomic E-state index is -0.634. The number of methoxy groups -OCH3 is 3. The predicted molar refractivity (Wildman–Crippen MR) is 163 cm³/mol. The number of ether oxygens (including phenoxy) is 4. The molecule has 0 aliphatic carbocycles. The third-order valence-electron chi connectivity index (χ3n) is 7.89. The van der Waals surface area contributed by atoms with Gasteiger partial charge in [0.25, 0.3) is 11.8 Å². The number of hydrogen-bond donors (Lipinski definition) is 0. The van der Waals surface area contributed by atoms with Gasteiger partial charge >= 0.3 is 0 Å². The van der Waals surface area contributed by atoms with E-state index in [1.54, 1.807) is 33.5 Å². The molecule has 10 nitrogen and oxygen atoms in total. The van der Waals surface area contributed by atoms with Gasteiger partial charge in [0, 0.05) is 32.6 Å². The Balaban J connectivity index is 1.45. The lowest BCUT2D eigenvalue weighted by atomic mass is 9.98. The Kier molecular flexibility index (Phi) is 10.1. The lowest BCUT2D eigenvalue weighted by Crippen LogP contribution is -2.46. The van der Waals surface area contributed by atoms with Crippen LogP contribution >= 0.6 is 0 Å².